The van der Waals surface area contributed by atoms with Gasteiger partial charge in [-0.1, -0.05) is 18.2 Å². The van der Waals surface area contributed by atoms with Crippen molar-refractivity contribution < 1.29 is 31.1 Å². The molecule has 3 rings (SSSR count). The van der Waals surface area contributed by atoms with E-state index < -0.39 is 39.1 Å². The fraction of sp³-hybridized carbons (Fsp3) is 0.350. The molecule has 0 spiro atoms. The molecule has 1 amide bonds. The lowest BCUT2D eigenvalue weighted by molar-refractivity contribution is -0.137. The normalized spacial score (nSPS) is 15.2. The zero-order valence-corrected chi connectivity index (χ0v) is 16.7. The van der Waals surface area contributed by atoms with E-state index in [4.69, 9.17) is 4.74 Å². The Kier molecular flexibility index (Phi) is 6.67. The molecule has 162 valence electrons. The molecule has 1 aliphatic rings. The molecule has 0 bridgehead atoms. The summed E-state index contributed by atoms with van der Waals surface area (Å²) in [5.41, 5.74) is -0.694. The molecule has 0 saturated heterocycles. The Morgan fingerprint density at radius 3 is 2.47 bits per heavy atom. The Bertz CT molecular complexity index is 1000. The fourth-order valence-corrected chi connectivity index (χ4v) is 4.16. The second-order valence-corrected chi connectivity index (χ2v) is 8.69. The van der Waals surface area contributed by atoms with Gasteiger partial charge in [0.05, 0.1) is 28.8 Å². The summed E-state index contributed by atoms with van der Waals surface area (Å²) in [7, 11) is -4.30. The van der Waals surface area contributed by atoms with Crippen molar-refractivity contribution in [1.29, 1.82) is 0 Å². The van der Waals surface area contributed by atoms with Gasteiger partial charge >= 0.3 is 6.18 Å². The number of halogens is 3. The highest BCUT2D eigenvalue weighted by Crippen LogP contribution is 2.31. The van der Waals surface area contributed by atoms with E-state index in [0.717, 1.165) is 43.9 Å². The van der Waals surface area contributed by atoms with E-state index in [0.29, 0.717) is 17.5 Å². The van der Waals surface area contributed by atoms with Crippen LogP contribution in [0.4, 0.5) is 18.9 Å². The minimum absolute atomic E-state index is 0.0717. The Morgan fingerprint density at radius 2 is 1.77 bits per heavy atom. The molecule has 0 heterocycles. The molecule has 0 atom stereocenters. The number of ether oxygens (including phenoxy) is 1. The first-order valence-corrected chi connectivity index (χ1v) is 10.9. The Hall–Kier alpha value is -2.59. The van der Waals surface area contributed by atoms with Gasteiger partial charge in [0.25, 0.3) is 0 Å². The average Bonchev–Trinajstić information content (AvgIpc) is 3.21. The summed E-state index contributed by atoms with van der Waals surface area (Å²) in [6.45, 7) is -0.643. The summed E-state index contributed by atoms with van der Waals surface area (Å²) in [5, 5.41) is 2.57. The number of nitrogens with one attached hydrogen (secondary N) is 2. The molecule has 0 aliphatic heterocycles. The van der Waals surface area contributed by atoms with Gasteiger partial charge in [0.1, 0.15) is 5.75 Å². The summed E-state index contributed by atoms with van der Waals surface area (Å²) >= 11 is 0. The zero-order valence-electron chi connectivity index (χ0n) is 15.9. The SMILES string of the molecule is O=C(CNS(=O)(=O)c1cccc(C(F)(F)F)c1)Nc1ccccc1OC1CCCC1. The van der Waals surface area contributed by atoms with Gasteiger partial charge in [-0.15, -0.1) is 0 Å². The van der Waals surface area contributed by atoms with Gasteiger partial charge in [0, 0.05) is 0 Å². The molecule has 1 aliphatic carbocycles. The number of amides is 1. The second-order valence-electron chi connectivity index (χ2n) is 6.92. The predicted molar refractivity (Wildman–Crippen MR) is 105 cm³/mol. The van der Waals surface area contributed by atoms with Crippen molar-refractivity contribution in [2.75, 3.05) is 11.9 Å². The van der Waals surface area contributed by atoms with E-state index in [9.17, 15) is 26.4 Å². The van der Waals surface area contributed by atoms with Gasteiger partial charge in [0.2, 0.25) is 15.9 Å². The van der Waals surface area contributed by atoms with Crippen LogP contribution in [0.1, 0.15) is 31.2 Å². The average molecular weight is 442 g/mol. The molecular weight excluding hydrogens is 421 g/mol. The first kappa shape index (κ1) is 22.1. The first-order chi connectivity index (χ1) is 14.1. The van der Waals surface area contributed by atoms with Gasteiger partial charge in [-0.3, -0.25) is 4.79 Å². The first-order valence-electron chi connectivity index (χ1n) is 9.37. The third-order valence-corrected chi connectivity index (χ3v) is 6.05. The highest BCUT2D eigenvalue weighted by molar-refractivity contribution is 7.89. The number of hydrogen-bond donors (Lipinski definition) is 2. The summed E-state index contributed by atoms with van der Waals surface area (Å²) in [5.74, 6) is -0.188. The van der Waals surface area contributed by atoms with Gasteiger partial charge in [0.15, 0.2) is 0 Å². The number of benzene rings is 2. The zero-order chi connectivity index (χ0) is 21.8. The van der Waals surface area contributed by atoms with E-state index in [-0.39, 0.29) is 6.10 Å². The van der Waals surface area contributed by atoms with Crippen LogP contribution in [-0.2, 0) is 21.0 Å². The van der Waals surface area contributed by atoms with Crippen LogP contribution in [0.3, 0.4) is 0 Å². The van der Waals surface area contributed by atoms with E-state index in [2.05, 4.69) is 5.32 Å². The van der Waals surface area contributed by atoms with Crippen molar-refractivity contribution in [3.63, 3.8) is 0 Å². The van der Waals surface area contributed by atoms with Gasteiger partial charge in [-0.05, 0) is 56.0 Å². The van der Waals surface area contributed by atoms with Crippen LogP contribution in [-0.4, -0.2) is 27.0 Å². The molecule has 30 heavy (non-hydrogen) atoms. The van der Waals surface area contributed by atoms with Crippen molar-refractivity contribution in [3.05, 3.63) is 54.1 Å². The standard InChI is InChI=1S/C20H21F3N2O4S/c21-20(22,23)14-6-5-9-16(12-14)30(27,28)24-13-19(26)25-17-10-3-4-11-18(17)29-15-7-1-2-8-15/h3-6,9-12,15,24H,1-2,7-8,13H2,(H,25,26). The number of carbonyl (C=O) groups excluding carboxylic acids is 1. The van der Waals surface area contributed by atoms with Crippen LogP contribution in [0.15, 0.2) is 53.4 Å². The molecule has 1 saturated carbocycles. The maximum atomic E-state index is 12.8. The number of rotatable bonds is 7. The highest BCUT2D eigenvalue weighted by atomic mass is 32.2. The van der Waals surface area contributed by atoms with E-state index >= 15 is 0 Å². The largest absolute Gasteiger partial charge is 0.488 e. The lowest BCUT2D eigenvalue weighted by Gasteiger charge is -2.17. The summed E-state index contributed by atoms with van der Waals surface area (Å²) < 4.78 is 70.9. The Morgan fingerprint density at radius 1 is 1.07 bits per heavy atom. The molecule has 6 nitrogen and oxygen atoms in total. The number of anilines is 1. The lowest BCUT2D eigenvalue weighted by atomic mass is 10.2. The maximum Gasteiger partial charge on any atom is 0.416 e. The summed E-state index contributed by atoms with van der Waals surface area (Å²) in [6, 6.07) is 10.1. The number of carbonyl (C=O) groups is 1. The number of alkyl halides is 3. The molecule has 0 aromatic heterocycles. The predicted octanol–water partition coefficient (Wildman–Crippen LogP) is 3.94. The minimum atomic E-state index is -4.67. The fourth-order valence-electron chi connectivity index (χ4n) is 3.14. The monoisotopic (exact) mass is 442 g/mol. The molecule has 2 N–H and O–H groups in total. The highest BCUT2D eigenvalue weighted by Gasteiger charge is 2.31. The molecule has 1 fully saturated rings. The third-order valence-electron chi connectivity index (χ3n) is 4.65. The minimum Gasteiger partial charge on any atom is -0.488 e. The molecule has 10 heteroatoms. The molecule has 2 aromatic carbocycles. The van der Waals surface area contributed by atoms with Crippen LogP contribution < -0.4 is 14.8 Å². The van der Waals surface area contributed by atoms with Crippen molar-refractivity contribution in [1.82, 2.24) is 4.72 Å². The summed E-state index contributed by atoms with van der Waals surface area (Å²) in [6.07, 6.45) is -0.584. The van der Waals surface area contributed by atoms with E-state index in [1.54, 1.807) is 24.3 Å². The second kappa shape index (κ2) is 9.05. The molecule has 0 unspecified atom stereocenters. The van der Waals surface area contributed by atoms with Crippen LogP contribution in [0, 0.1) is 0 Å². The van der Waals surface area contributed by atoms with E-state index in [1.165, 1.54) is 0 Å². The van der Waals surface area contributed by atoms with Gasteiger partial charge in [-0.2, -0.15) is 13.2 Å². The topological polar surface area (TPSA) is 84.5 Å². The van der Waals surface area contributed by atoms with Gasteiger partial charge < -0.3 is 10.1 Å². The third kappa shape index (κ3) is 5.73. The van der Waals surface area contributed by atoms with Crippen molar-refractivity contribution >= 4 is 21.6 Å². The number of hydrogen-bond acceptors (Lipinski definition) is 4. The smallest absolute Gasteiger partial charge is 0.416 e. The van der Waals surface area contributed by atoms with Crippen LogP contribution in [0.2, 0.25) is 0 Å². The summed E-state index contributed by atoms with van der Waals surface area (Å²) in [4.78, 5) is 11.7. The maximum absolute atomic E-state index is 12.8. The van der Waals surface area contributed by atoms with Crippen molar-refractivity contribution in [2.24, 2.45) is 0 Å². The van der Waals surface area contributed by atoms with Crippen molar-refractivity contribution in [3.8, 4) is 5.75 Å². The van der Waals surface area contributed by atoms with Gasteiger partial charge in [-0.25, -0.2) is 13.1 Å². The van der Waals surface area contributed by atoms with Crippen LogP contribution in [0.5, 0.6) is 5.75 Å². The quantitative estimate of drug-likeness (QED) is 0.680. The molecule has 0 radical (unpaired) electrons. The van der Waals surface area contributed by atoms with Crippen LogP contribution >= 0.6 is 0 Å². The lowest BCUT2D eigenvalue weighted by Crippen LogP contribution is -2.33. The Balaban J connectivity index is 1.63. The molecular formula is C20H21F3N2O4S. The van der Waals surface area contributed by atoms with Crippen molar-refractivity contribution in [2.45, 2.75) is 42.9 Å². The molecule has 2 aromatic rings. The van der Waals surface area contributed by atoms with E-state index in [1.807, 2.05) is 4.72 Å². The number of sulfonamides is 1. The van der Waals surface area contributed by atoms with Crippen LogP contribution in [0.25, 0.3) is 0 Å². The Labute approximate surface area is 172 Å². The number of para-hydroxylation sites is 2.